The molecular weight excluding hydrogens is 400 g/mol. The first kappa shape index (κ1) is 20.2. The summed E-state index contributed by atoms with van der Waals surface area (Å²) in [6.07, 6.45) is 1.51. The van der Waals surface area contributed by atoms with Crippen molar-refractivity contribution in [3.05, 3.63) is 77.1 Å². The van der Waals surface area contributed by atoms with Gasteiger partial charge in [-0.1, -0.05) is 29.8 Å². The molecule has 1 fully saturated rings. The summed E-state index contributed by atoms with van der Waals surface area (Å²) in [6.45, 7) is 6.02. The first-order chi connectivity index (χ1) is 14.5. The molecule has 1 amide bonds. The molecule has 1 aromatic heterocycles. The Morgan fingerprint density at radius 1 is 1.10 bits per heavy atom. The molecule has 2 heterocycles. The largest absolute Gasteiger partial charge is 0.439 e. The highest BCUT2D eigenvalue weighted by molar-refractivity contribution is 6.30. The Kier molecular flexibility index (Phi) is 5.86. The van der Waals surface area contributed by atoms with E-state index in [1.54, 1.807) is 24.3 Å². The van der Waals surface area contributed by atoms with Crippen molar-refractivity contribution in [2.75, 3.05) is 24.5 Å². The van der Waals surface area contributed by atoms with Crippen LogP contribution < -0.4 is 9.64 Å². The SMILES string of the molecule is Cc1ccccc1Oc1cc(N2CCN(C(=O)c3ccc(Cl)cc3)C(C)C2)ncn1. The van der Waals surface area contributed by atoms with Crippen molar-refractivity contribution in [3.8, 4) is 11.6 Å². The number of carbonyl (C=O) groups excluding carboxylic acids is 1. The van der Waals surface area contributed by atoms with Crippen molar-refractivity contribution in [2.24, 2.45) is 0 Å². The first-order valence-electron chi connectivity index (χ1n) is 9.88. The van der Waals surface area contributed by atoms with Crippen LogP contribution in [0.1, 0.15) is 22.8 Å². The summed E-state index contributed by atoms with van der Waals surface area (Å²) >= 11 is 5.94. The number of aromatic nitrogens is 2. The number of nitrogens with zero attached hydrogens (tertiary/aromatic N) is 4. The van der Waals surface area contributed by atoms with Gasteiger partial charge in [0, 0.05) is 42.3 Å². The Balaban J connectivity index is 1.45. The van der Waals surface area contributed by atoms with Crippen LogP contribution in [0.3, 0.4) is 0 Å². The first-order valence-corrected chi connectivity index (χ1v) is 10.3. The van der Waals surface area contributed by atoms with Gasteiger partial charge in [-0.3, -0.25) is 4.79 Å². The summed E-state index contributed by atoms with van der Waals surface area (Å²) in [5.41, 5.74) is 1.69. The van der Waals surface area contributed by atoms with Crippen LogP contribution in [0.4, 0.5) is 5.82 Å². The van der Waals surface area contributed by atoms with Crippen LogP contribution in [0, 0.1) is 6.92 Å². The third kappa shape index (κ3) is 4.39. The molecule has 6 nitrogen and oxygen atoms in total. The fourth-order valence-corrected chi connectivity index (χ4v) is 3.69. The van der Waals surface area contributed by atoms with Crippen LogP contribution in [-0.4, -0.2) is 46.5 Å². The molecule has 1 aliphatic heterocycles. The Morgan fingerprint density at radius 2 is 1.87 bits per heavy atom. The Labute approximate surface area is 181 Å². The molecule has 0 bridgehead atoms. The molecule has 7 heteroatoms. The average Bonchev–Trinajstić information content (AvgIpc) is 2.75. The fourth-order valence-electron chi connectivity index (χ4n) is 3.57. The zero-order valence-electron chi connectivity index (χ0n) is 17.0. The topological polar surface area (TPSA) is 58.6 Å². The molecule has 1 aliphatic rings. The number of anilines is 1. The maximum Gasteiger partial charge on any atom is 0.254 e. The molecule has 1 atom stereocenters. The van der Waals surface area contributed by atoms with Crippen molar-refractivity contribution in [2.45, 2.75) is 19.9 Å². The van der Waals surface area contributed by atoms with E-state index in [0.29, 0.717) is 36.1 Å². The number of rotatable bonds is 4. The van der Waals surface area contributed by atoms with E-state index in [1.165, 1.54) is 6.33 Å². The van der Waals surface area contributed by atoms with Gasteiger partial charge in [0.05, 0.1) is 0 Å². The van der Waals surface area contributed by atoms with Crippen LogP contribution in [0.25, 0.3) is 0 Å². The minimum atomic E-state index is 0.0186. The molecule has 0 aliphatic carbocycles. The number of halogens is 1. The second kappa shape index (κ2) is 8.71. The van der Waals surface area contributed by atoms with Crippen molar-refractivity contribution in [1.29, 1.82) is 0 Å². The predicted octanol–water partition coefficient (Wildman–Crippen LogP) is 4.58. The third-order valence-corrected chi connectivity index (χ3v) is 5.49. The lowest BCUT2D eigenvalue weighted by Gasteiger charge is -2.40. The molecular formula is C23H23ClN4O2. The summed E-state index contributed by atoms with van der Waals surface area (Å²) in [5.74, 6) is 2.08. The van der Waals surface area contributed by atoms with Crippen LogP contribution in [0.15, 0.2) is 60.9 Å². The lowest BCUT2D eigenvalue weighted by Crippen LogP contribution is -2.54. The lowest BCUT2D eigenvalue weighted by molar-refractivity contribution is 0.0673. The van der Waals surface area contributed by atoms with Gasteiger partial charge in [0.25, 0.3) is 5.91 Å². The normalized spacial score (nSPS) is 16.4. The lowest BCUT2D eigenvalue weighted by atomic mass is 10.1. The van der Waals surface area contributed by atoms with E-state index < -0.39 is 0 Å². The molecule has 154 valence electrons. The monoisotopic (exact) mass is 422 g/mol. The number of amides is 1. The molecule has 4 rings (SSSR count). The van der Waals surface area contributed by atoms with Gasteiger partial charge in [0.1, 0.15) is 17.9 Å². The summed E-state index contributed by atoms with van der Waals surface area (Å²) in [4.78, 5) is 25.6. The molecule has 1 saturated heterocycles. The Morgan fingerprint density at radius 3 is 2.60 bits per heavy atom. The van der Waals surface area contributed by atoms with E-state index in [0.717, 1.165) is 17.1 Å². The number of ether oxygens (including phenoxy) is 1. The maximum atomic E-state index is 12.9. The smallest absolute Gasteiger partial charge is 0.254 e. The molecule has 30 heavy (non-hydrogen) atoms. The molecule has 0 spiro atoms. The third-order valence-electron chi connectivity index (χ3n) is 5.24. The van der Waals surface area contributed by atoms with E-state index in [2.05, 4.69) is 14.9 Å². The minimum Gasteiger partial charge on any atom is -0.439 e. The number of aryl methyl sites for hydroxylation is 1. The van der Waals surface area contributed by atoms with Crippen molar-refractivity contribution in [1.82, 2.24) is 14.9 Å². The van der Waals surface area contributed by atoms with Gasteiger partial charge in [-0.05, 0) is 49.7 Å². The standard InChI is InChI=1S/C23H23ClN4O2/c1-16-5-3-4-6-20(16)30-22-13-21(25-15-26-22)27-11-12-28(17(2)14-27)23(29)18-7-9-19(24)10-8-18/h3-10,13,15,17H,11-12,14H2,1-2H3. The van der Waals surface area contributed by atoms with E-state index in [1.807, 2.05) is 49.1 Å². The second-order valence-corrected chi connectivity index (χ2v) is 7.82. The number of carbonyl (C=O) groups is 1. The summed E-state index contributed by atoms with van der Waals surface area (Å²) in [6, 6.07) is 16.7. The number of piperazine rings is 1. The number of hydrogen-bond donors (Lipinski definition) is 0. The second-order valence-electron chi connectivity index (χ2n) is 7.38. The Bertz CT molecular complexity index is 1040. The van der Waals surface area contributed by atoms with Gasteiger partial charge < -0.3 is 14.5 Å². The highest BCUT2D eigenvalue weighted by Crippen LogP contribution is 2.26. The quantitative estimate of drug-likeness (QED) is 0.615. The molecule has 3 aromatic rings. The van der Waals surface area contributed by atoms with E-state index in [4.69, 9.17) is 16.3 Å². The van der Waals surface area contributed by atoms with Crippen LogP contribution >= 0.6 is 11.6 Å². The zero-order chi connectivity index (χ0) is 21.1. The van der Waals surface area contributed by atoms with E-state index in [-0.39, 0.29) is 11.9 Å². The number of benzene rings is 2. The van der Waals surface area contributed by atoms with E-state index in [9.17, 15) is 4.79 Å². The van der Waals surface area contributed by atoms with Gasteiger partial charge in [-0.2, -0.15) is 0 Å². The molecule has 2 aromatic carbocycles. The van der Waals surface area contributed by atoms with E-state index >= 15 is 0 Å². The van der Waals surface area contributed by atoms with Crippen molar-refractivity contribution >= 4 is 23.3 Å². The number of para-hydroxylation sites is 1. The minimum absolute atomic E-state index is 0.0186. The van der Waals surface area contributed by atoms with Gasteiger partial charge in [-0.25, -0.2) is 9.97 Å². The fraction of sp³-hybridized carbons (Fsp3) is 0.261. The summed E-state index contributed by atoms with van der Waals surface area (Å²) in [5, 5.41) is 0.622. The van der Waals surface area contributed by atoms with Gasteiger partial charge >= 0.3 is 0 Å². The van der Waals surface area contributed by atoms with Crippen molar-refractivity contribution in [3.63, 3.8) is 0 Å². The number of hydrogen-bond acceptors (Lipinski definition) is 5. The maximum absolute atomic E-state index is 12.9. The molecule has 0 radical (unpaired) electrons. The summed E-state index contributed by atoms with van der Waals surface area (Å²) < 4.78 is 5.94. The Hall–Kier alpha value is -3.12. The van der Waals surface area contributed by atoms with Crippen LogP contribution in [0.2, 0.25) is 5.02 Å². The molecule has 0 N–H and O–H groups in total. The van der Waals surface area contributed by atoms with Crippen molar-refractivity contribution < 1.29 is 9.53 Å². The van der Waals surface area contributed by atoms with Crippen LogP contribution in [0.5, 0.6) is 11.6 Å². The highest BCUT2D eigenvalue weighted by atomic mass is 35.5. The average molecular weight is 423 g/mol. The van der Waals surface area contributed by atoms with Gasteiger partial charge in [-0.15, -0.1) is 0 Å². The van der Waals surface area contributed by atoms with Gasteiger partial charge in [0.15, 0.2) is 0 Å². The highest BCUT2D eigenvalue weighted by Gasteiger charge is 2.29. The predicted molar refractivity (Wildman–Crippen MR) is 117 cm³/mol. The molecule has 1 unspecified atom stereocenters. The van der Waals surface area contributed by atoms with Crippen LogP contribution in [-0.2, 0) is 0 Å². The zero-order valence-corrected chi connectivity index (χ0v) is 17.7. The summed E-state index contributed by atoms with van der Waals surface area (Å²) in [7, 11) is 0. The molecule has 0 saturated carbocycles. The van der Waals surface area contributed by atoms with Gasteiger partial charge in [0.2, 0.25) is 5.88 Å².